The molecule has 10 heavy (non-hydrogen) atoms. The maximum absolute atomic E-state index is 10.2. The minimum atomic E-state index is -4.20. The van der Waals surface area contributed by atoms with Crippen LogP contribution in [-0.4, -0.2) is 27.9 Å². The summed E-state index contributed by atoms with van der Waals surface area (Å²) < 4.78 is 10.2. The first-order chi connectivity index (χ1) is 4.33. The van der Waals surface area contributed by atoms with Gasteiger partial charge in [-0.15, -0.1) is 0 Å². The normalized spacial score (nSPS) is 14.7. The lowest BCUT2D eigenvalue weighted by Gasteiger charge is -2.07. The first-order valence-electron chi connectivity index (χ1n) is 2.42. The number of amides is 1. The van der Waals surface area contributed by atoms with Crippen molar-refractivity contribution in [3.05, 3.63) is 0 Å². The lowest BCUT2D eigenvalue weighted by Crippen LogP contribution is -2.39. The SMILES string of the molecule is NC(=O)C(N)CP(=O)(O)O. The highest BCUT2D eigenvalue weighted by Gasteiger charge is 2.21. The van der Waals surface area contributed by atoms with Crippen molar-refractivity contribution in [3.8, 4) is 0 Å². The Labute approximate surface area is 57.4 Å². The first kappa shape index (κ1) is 9.58. The van der Waals surface area contributed by atoms with Gasteiger partial charge in [0.15, 0.2) is 0 Å². The Morgan fingerprint density at radius 2 is 2.00 bits per heavy atom. The lowest BCUT2D eigenvalue weighted by molar-refractivity contribution is -0.118. The second-order valence-corrected chi connectivity index (χ2v) is 3.55. The molecule has 0 aromatic carbocycles. The van der Waals surface area contributed by atoms with E-state index in [4.69, 9.17) is 15.5 Å². The Morgan fingerprint density at radius 1 is 1.60 bits per heavy atom. The topological polar surface area (TPSA) is 127 Å². The molecule has 0 spiro atoms. The molecule has 0 aromatic rings. The van der Waals surface area contributed by atoms with Crippen LogP contribution in [0.5, 0.6) is 0 Å². The molecule has 0 saturated heterocycles. The van der Waals surface area contributed by atoms with Crippen LogP contribution in [0.1, 0.15) is 0 Å². The summed E-state index contributed by atoms with van der Waals surface area (Å²) in [5.74, 6) is -0.914. The highest BCUT2D eigenvalue weighted by Crippen LogP contribution is 2.34. The molecule has 1 amide bonds. The monoisotopic (exact) mass is 168 g/mol. The van der Waals surface area contributed by atoms with Gasteiger partial charge in [-0.1, -0.05) is 0 Å². The Bertz CT molecular complexity index is 175. The first-order valence-corrected chi connectivity index (χ1v) is 4.22. The third kappa shape index (κ3) is 4.46. The molecule has 0 heterocycles. The third-order valence-electron chi connectivity index (χ3n) is 0.800. The predicted molar refractivity (Wildman–Crippen MR) is 34.1 cm³/mol. The molecule has 60 valence electrons. The number of hydrogen-bond donors (Lipinski definition) is 4. The van der Waals surface area contributed by atoms with Crippen LogP contribution in [0, 0.1) is 0 Å². The van der Waals surface area contributed by atoms with Crippen LogP contribution in [0.2, 0.25) is 0 Å². The second-order valence-electron chi connectivity index (χ2n) is 1.86. The summed E-state index contributed by atoms with van der Waals surface area (Å²) in [6.07, 6.45) is -0.692. The molecule has 7 heteroatoms. The largest absolute Gasteiger partial charge is 0.368 e. The molecule has 0 aromatic heterocycles. The molecular formula is C3H9N2O4P. The fourth-order valence-electron chi connectivity index (χ4n) is 0.346. The zero-order valence-electron chi connectivity index (χ0n) is 5.10. The van der Waals surface area contributed by atoms with Gasteiger partial charge >= 0.3 is 7.60 Å². The van der Waals surface area contributed by atoms with Gasteiger partial charge in [-0.05, 0) is 0 Å². The summed E-state index contributed by atoms with van der Waals surface area (Å²) in [7, 11) is -4.20. The summed E-state index contributed by atoms with van der Waals surface area (Å²) in [4.78, 5) is 26.7. The number of rotatable bonds is 3. The Kier molecular flexibility index (Phi) is 2.98. The summed E-state index contributed by atoms with van der Waals surface area (Å²) in [5, 5.41) is 0. The van der Waals surface area contributed by atoms with Crippen molar-refractivity contribution in [2.75, 3.05) is 6.16 Å². The van der Waals surface area contributed by atoms with Crippen LogP contribution in [-0.2, 0) is 9.36 Å². The maximum Gasteiger partial charge on any atom is 0.327 e. The minimum absolute atomic E-state index is 0.692. The minimum Gasteiger partial charge on any atom is -0.368 e. The molecular weight excluding hydrogens is 159 g/mol. The van der Waals surface area contributed by atoms with E-state index in [1.54, 1.807) is 0 Å². The zero-order valence-corrected chi connectivity index (χ0v) is 5.99. The summed E-state index contributed by atoms with van der Waals surface area (Å²) >= 11 is 0. The van der Waals surface area contributed by atoms with E-state index in [-0.39, 0.29) is 0 Å². The molecule has 6 nitrogen and oxygen atoms in total. The summed E-state index contributed by atoms with van der Waals surface area (Å²) in [6.45, 7) is 0. The Morgan fingerprint density at radius 3 is 2.10 bits per heavy atom. The van der Waals surface area contributed by atoms with Crippen LogP contribution >= 0.6 is 7.60 Å². The van der Waals surface area contributed by atoms with Crippen molar-refractivity contribution < 1.29 is 19.1 Å². The van der Waals surface area contributed by atoms with Gasteiger partial charge in [0.1, 0.15) is 0 Å². The van der Waals surface area contributed by atoms with Gasteiger partial charge in [-0.2, -0.15) is 0 Å². The number of carbonyl (C=O) groups is 1. The fourth-order valence-corrected chi connectivity index (χ4v) is 1.04. The van der Waals surface area contributed by atoms with E-state index in [0.29, 0.717) is 0 Å². The van der Waals surface area contributed by atoms with Gasteiger partial charge in [-0.25, -0.2) is 0 Å². The van der Waals surface area contributed by atoms with Gasteiger partial charge in [-0.3, -0.25) is 9.36 Å². The molecule has 0 radical (unpaired) electrons. The van der Waals surface area contributed by atoms with Crippen LogP contribution < -0.4 is 11.5 Å². The van der Waals surface area contributed by atoms with Crippen molar-refractivity contribution >= 4 is 13.5 Å². The van der Waals surface area contributed by atoms with E-state index in [1.807, 2.05) is 0 Å². The van der Waals surface area contributed by atoms with E-state index < -0.39 is 25.7 Å². The molecule has 0 rings (SSSR count). The molecule has 0 aliphatic carbocycles. The van der Waals surface area contributed by atoms with E-state index in [9.17, 15) is 9.36 Å². The fraction of sp³-hybridized carbons (Fsp3) is 0.667. The van der Waals surface area contributed by atoms with Gasteiger partial charge in [0.2, 0.25) is 5.91 Å². The average Bonchev–Trinajstić information content (AvgIpc) is 1.60. The quantitative estimate of drug-likeness (QED) is 0.361. The number of primary amides is 1. The predicted octanol–water partition coefficient (Wildman–Crippen LogP) is -2.02. The van der Waals surface area contributed by atoms with Gasteiger partial charge in [0.05, 0.1) is 12.2 Å². The Balaban J connectivity index is 3.93. The van der Waals surface area contributed by atoms with E-state index in [1.165, 1.54) is 0 Å². The van der Waals surface area contributed by atoms with Gasteiger partial charge < -0.3 is 21.3 Å². The van der Waals surface area contributed by atoms with Gasteiger partial charge in [0.25, 0.3) is 0 Å². The summed E-state index contributed by atoms with van der Waals surface area (Å²) in [6, 6.07) is -1.26. The van der Waals surface area contributed by atoms with Crippen molar-refractivity contribution in [2.24, 2.45) is 11.5 Å². The van der Waals surface area contributed by atoms with Crippen LogP contribution in [0.15, 0.2) is 0 Å². The number of hydrogen-bond acceptors (Lipinski definition) is 3. The maximum atomic E-state index is 10.2. The smallest absolute Gasteiger partial charge is 0.327 e. The highest BCUT2D eigenvalue weighted by atomic mass is 31.2. The molecule has 0 bridgehead atoms. The molecule has 1 atom stereocenters. The van der Waals surface area contributed by atoms with Crippen molar-refractivity contribution in [1.29, 1.82) is 0 Å². The van der Waals surface area contributed by atoms with Crippen molar-refractivity contribution in [1.82, 2.24) is 0 Å². The lowest BCUT2D eigenvalue weighted by atomic mass is 10.3. The summed E-state index contributed by atoms with van der Waals surface area (Å²) in [5.41, 5.74) is 9.57. The molecule has 6 N–H and O–H groups in total. The van der Waals surface area contributed by atoms with Crippen molar-refractivity contribution in [3.63, 3.8) is 0 Å². The van der Waals surface area contributed by atoms with Crippen LogP contribution in [0.3, 0.4) is 0 Å². The Hall–Kier alpha value is -0.420. The van der Waals surface area contributed by atoms with E-state index >= 15 is 0 Å². The average molecular weight is 168 g/mol. The van der Waals surface area contributed by atoms with E-state index in [0.717, 1.165) is 0 Å². The number of carbonyl (C=O) groups excluding carboxylic acids is 1. The molecule has 0 aliphatic heterocycles. The molecule has 0 saturated carbocycles. The standard InChI is InChI=1S/C3H9N2O4P/c4-2(3(5)6)1-10(7,8)9/h2H,1,4H2,(H2,5,6)(H2,7,8,9). The second kappa shape index (κ2) is 3.12. The zero-order chi connectivity index (χ0) is 8.36. The molecule has 1 unspecified atom stereocenters. The molecule has 0 aliphatic rings. The van der Waals surface area contributed by atoms with Crippen LogP contribution in [0.4, 0.5) is 0 Å². The number of nitrogens with two attached hydrogens (primary N) is 2. The van der Waals surface area contributed by atoms with E-state index in [2.05, 4.69) is 5.73 Å². The third-order valence-corrected chi connectivity index (χ3v) is 1.67. The van der Waals surface area contributed by atoms with Crippen molar-refractivity contribution in [2.45, 2.75) is 6.04 Å². The van der Waals surface area contributed by atoms with Crippen LogP contribution in [0.25, 0.3) is 0 Å². The van der Waals surface area contributed by atoms with Gasteiger partial charge in [0, 0.05) is 0 Å². The molecule has 0 fully saturated rings. The highest BCUT2D eigenvalue weighted by molar-refractivity contribution is 7.51.